The number of rotatable bonds is 5. The number of anilines is 1. The minimum Gasteiger partial charge on any atom is -0.490 e. The van der Waals surface area contributed by atoms with Crippen LogP contribution in [0.15, 0.2) is 52.4 Å². The van der Waals surface area contributed by atoms with Crippen LogP contribution in [0.1, 0.15) is 18.9 Å². The molecular formula is C19H23N3O2S. The summed E-state index contributed by atoms with van der Waals surface area (Å²) in [5.41, 5.74) is 7.99. The molecule has 0 bridgehead atoms. The van der Waals surface area contributed by atoms with Gasteiger partial charge in [0.05, 0.1) is 19.8 Å². The van der Waals surface area contributed by atoms with Crippen molar-refractivity contribution < 1.29 is 9.47 Å². The number of thioether (sulfide) groups is 1. The molecule has 1 heterocycles. The highest BCUT2D eigenvalue weighted by Crippen LogP contribution is 2.32. The molecule has 2 aromatic rings. The Kier molecular flexibility index (Phi) is 6.06. The highest BCUT2D eigenvalue weighted by atomic mass is 32.2. The number of nitrogens with one attached hydrogen (secondary N) is 1. The van der Waals surface area contributed by atoms with E-state index in [0.29, 0.717) is 25.7 Å². The second-order valence-corrected chi connectivity index (χ2v) is 6.96. The third-order valence-electron chi connectivity index (χ3n) is 3.66. The molecule has 1 aliphatic heterocycles. The molecule has 0 aliphatic carbocycles. The van der Waals surface area contributed by atoms with Gasteiger partial charge in [0.15, 0.2) is 17.5 Å². The fourth-order valence-corrected chi connectivity index (χ4v) is 3.25. The van der Waals surface area contributed by atoms with Gasteiger partial charge < -0.3 is 20.5 Å². The number of hydrogen-bond donors (Lipinski definition) is 2. The Bertz CT molecular complexity index is 749. The fourth-order valence-electron chi connectivity index (χ4n) is 2.51. The monoisotopic (exact) mass is 357 g/mol. The molecule has 5 nitrogen and oxygen atoms in total. The van der Waals surface area contributed by atoms with Crippen molar-refractivity contribution in [2.75, 3.05) is 24.3 Å². The first-order chi connectivity index (χ1) is 12.2. The highest BCUT2D eigenvalue weighted by molar-refractivity contribution is 7.99. The first-order valence-electron chi connectivity index (χ1n) is 8.43. The maximum absolute atomic E-state index is 6.02. The van der Waals surface area contributed by atoms with Crippen LogP contribution in [0.25, 0.3) is 0 Å². The van der Waals surface area contributed by atoms with Crippen LogP contribution in [0.5, 0.6) is 11.5 Å². The van der Waals surface area contributed by atoms with Crippen molar-refractivity contribution in [3.05, 3.63) is 48.0 Å². The van der Waals surface area contributed by atoms with E-state index < -0.39 is 0 Å². The Morgan fingerprint density at radius 2 is 2.00 bits per heavy atom. The molecule has 3 rings (SSSR count). The topological polar surface area (TPSA) is 68.9 Å². The molecule has 25 heavy (non-hydrogen) atoms. The van der Waals surface area contributed by atoms with Crippen molar-refractivity contribution in [1.29, 1.82) is 0 Å². The second-order valence-electron chi connectivity index (χ2n) is 5.62. The Morgan fingerprint density at radius 3 is 2.84 bits per heavy atom. The Morgan fingerprint density at radius 1 is 1.16 bits per heavy atom. The molecule has 0 aromatic heterocycles. The normalized spacial score (nSPS) is 14.0. The molecule has 3 N–H and O–H groups in total. The predicted molar refractivity (Wildman–Crippen MR) is 104 cm³/mol. The summed E-state index contributed by atoms with van der Waals surface area (Å²) in [6.45, 7) is 4.03. The van der Waals surface area contributed by atoms with E-state index in [-0.39, 0.29) is 0 Å². The summed E-state index contributed by atoms with van der Waals surface area (Å²) in [5.74, 6) is 2.94. The van der Waals surface area contributed by atoms with Crippen molar-refractivity contribution in [3.8, 4) is 11.5 Å². The number of nitrogens with two attached hydrogens (primary N) is 1. The number of ether oxygens (including phenoxy) is 2. The molecule has 0 amide bonds. The third-order valence-corrected chi connectivity index (χ3v) is 4.54. The summed E-state index contributed by atoms with van der Waals surface area (Å²) < 4.78 is 11.3. The highest BCUT2D eigenvalue weighted by Gasteiger charge is 2.10. The number of guanidine groups is 1. The Labute approximate surface area is 152 Å². The van der Waals surface area contributed by atoms with Gasteiger partial charge in [-0.2, -0.15) is 0 Å². The molecule has 132 valence electrons. The zero-order valence-electron chi connectivity index (χ0n) is 14.3. The quantitative estimate of drug-likeness (QED) is 0.483. The summed E-state index contributed by atoms with van der Waals surface area (Å²) in [6.07, 6.45) is 0.885. The van der Waals surface area contributed by atoms with Crippen LogP contribution in [0.2, 0.25) is 0 Å². The van der Waals surface area contributed by atoms with E-state index in [1.807, 2.05) is 30.0 Å². The minimum atomic E-state index is 0.378. The Balaban J connectivity index is 1.63. The molecule has 0 saturated carbocycles. The molecule has 0 fully saturated rings. The third kappa shape index (κ3) is 5.06. The SMILES string of the molecule is CCSc1cccc(CN=C(N)Nc2ccc3c(c2)OCCCO3)c1. The lowest BCUT2D eigenvalue weighted by molar-refractivity contribution is 0.297. The van der Waals surface area contributed by atoms with Gasteiger partial charge in [-0.3, -0.25) is 0 Å². The van der Waals surface area contributed by atoms with Crippen LogP contribution in [0.4, 0.5) is 5.69 Å². The standard InChI is InChI=1S/C19H23N3O2S/c1-2-25-16-6-3-5-14(11-16)13-21-19(20)22-15-7-8-17-18(12-15)24-10-4-9-23-17/h3,5-8,11-12H,2,4,9-10,13H2,1H3,(H3,20,21,22). The molecule has 2 aromatic carbocycles. The zero-order valence-corrected chi connectivity index (χ0v) is 15.1. The second kappa shape index (κ2) is 8.67. The van der Waals surface area contributed by atoms with E-state index in [4.69, 9.17) is 15.2 Å². The summed E-state index contributed by atoms with van der Waals surface area (Å²) in [7, 11) is 0. The molecule has 6 heteroatoms. The van der Waals surface area contributed by atoms with Crippen molar-refractivity contribution in [2.45, 2.75) is 24.8 Å². The van der Waals surface area contributed by atoms with Gasteiger partial charge >= 0.3 is 0 Å². The van der Waals surface area contributed by atoms with Crippen LogP contribution in [0.3, 0.4) is 0 Å². The van der Waals surface area contributed by atoms with Gasteiger partial charge in [-0.05, 0) is 35.6 Å². The smallest absolute Gasteiger partial charge is 0.193 e. The number of fused-ring (bicyclic) bond motifs is 1. The van der Waals surface area contributed by atoms with Crippen molar-refractivity contribution in [2.24, 2.45) is 10.7 Å². The molecule has 0 radical (unpaired) electrons. The van der Waals surface area contributed by atoms with Crippen molar-refractivity contribution in [3.63, 3.8) is 0 Å². The minimum absolute atomic E-state index is 0.378. The van der Waals surface area contributed by atoms with Crippen molar-refractivity contribution >= 4 is 23.4 Å². The van der Waals surface area contributed by atoms with E-state index in [0.717, 1.165) is 34.9 Å². The van der Waals surface area contributed by atoms with E-state index in [1.54, 1.807) is 0 Å². The lowest BCUT2D eigenvalue weighted by Crippen LogP contribution is -2.22. The Hall–Kier alpha value is -2.34. The van der Waals surface area contributed by atoms with Crippen molar-refractivity contribution in [1.82, 2.24) is 0 Å². The number of hydrogen-bond acceptors (Lipinski definition) is 4. The summed E-state index contributed by atoms with van der Waals surface area (Å²) >= 11 is 1.82. The lowest BCUT2D eigenvalue weighted by Gasteiger charge is -2.11. The first-order valence-corrected chi connectivity index (χ1v) is 9.41. The van der Waals surface area contributed by atoms with Gasteiger partial charge in [-0.25, -0.2) is 4.99 Å². The van der Waals surface area contributed by atoms with E-state index in [1.165, 1.54) is 4.90 Å². The van der Waals surface area contributed by atoms with Gasteiger partial charge in [0.1, 0.15) is 0 Å². The predicted octanol–water partition coefficient (Wildman–Crippen LogP) is 3.89. The summed E-state index contributed by atoms with van der Waals surface area (Å²) in [4.78, 5) is 5.68. The van der Waals surface area contributed by atoms with Crippen LogP contribution >= 0.6 is 11.8 Å². The van der Waals surface area contributed by atoms with E-state index >= 15 is 0 Å². The number of aliphatic imine (C=N–C) groups is 1. The molecule has 0 atom stereocenters. The summed E-state index contributed by atoms with van der Waals surface area (Å²) in [5, 5.41) is 3.11. The maximum atomic E-state index is 6.02. The van der Waals surface area contributed by atoms with E-state index in [2.05, 4.69) is 41.5 Å². The van der Waals surface area contributed by atoms with Gasteiger partial charge in [-0.1, -0.05) is 19.1 Å². The average Bonchev–Trinajstić information content (AvgIpc) is 2.86. The van der Waals surface area contributed by atoms with Crippen LogP contribution in [0, 0.1) is 0 Å². The largest absolute Gasteiger partial charge is 0.490 e. The molecule has 0 unspecified atom stereocenters. The number of benzene rings is 2. The van der Waals surface area contributed by atoms with Gasteiger partial charge in [0.2, 0.25) is 0 Å². The maximum Gasteiger partial charge on any atom is 0.193 e. The molecule has 0 saturated heterocycles. The van der Waals surface area contributed by atoms with Gasteiger partial charge in [0, 0.05) is 23.1 Å². The van der Waals surface area contributed by atoms with Gasteiger partial charge in [-0.15, -0.1) is 11.8 Å². The zero-order chi connectivity index (χ0) is 17.5. The lowest BCUT2D eigenvalue weighted by atomic mass is 10.2. The number of nitrogens with zero attached hydrogens (tertiary/aromatic N) is 1. The van der Waals surface area contributed by atoms with Crippen LogP contribution < -0.4 is 20.5 Å². The molecule has 1 aliphatic rings. The van der Waals surface area contributed by atoms with Crippen LogP contribution in [-0.4, -0.2) is 24.9 Å². The molecular weight excluding hydrogens is 334 g/mol. The van der Waals surface area contributed by atoms with E-state index in [9.17, 15) is 0 Å². The molecule has 0 spiro atoms. The van der Waals surface area contributed by atoms with Crippen LogP contribution in [-0.2, 0) is 6.54 Å². The first kappa shape index (κ1) is 17.5. The fraction of sp³-hybridized carbons (Fsp3) is 0.316. The summed E-state index contributed by atoms with van der Waals surface area (Å²) in [6, 6.07) is 14.1. The average molecular weight is 357 g/mol. The van der Waals surface area contributed by atoms with Gasteiger partial charge in [0.25, 0.3) is 0 Å².